The average Bonchev–Trinajstić information content (AvgIpc) is 2.66. The van der Waals surface area contributed by atoms with E-state index in [0.29, 0.717) is 18.6 Å². The van der Waals surface area contributed by atoms with Gasteiger partial charge in [-0.3, -0.25) is 4.79 Å². The van der Waals surface area contributed by atoms with Gasteiger partial charge in [0.2, 0.25) is 0 Å². The fourth-order valence-electron chi connectivity index (χ4n) is 1.76. The van der Waals surface area contributed by atoms with Crippen LogP contribution >= 0.6 is 0 Å². The highest BCUT2D eigenvalue weighted by atomic mass is 16.3. The van der Waals surface area contributed by atoms with E-state index < -0.39 is 0 Å². The van der Waals surface area contributed by atoms with E-state index in [1.807, 2.05) is 4.90 Å². The first kappa shape index (κ1) is 9.27. The predicted molar refractivity (Wildman–Crippen MR) is 51.5 cm³/mol. The van der Waals surface area contributed by atoms with Crippen LogP contribution in [0.25, 0.3) is 0 Å². The lowest BCUT2D eigenvalue weighted by Gasteiger charge is -2.30. The number of nitrogens with zero attached hydrogens (tertiary/aromatic N) is 1. The van der Waals surface area contributed by atoms with Crippen molar-refractivity contribution >= 4 is 12.0 Å². The molecule has 1 aromatic rings. The Kier molecular flexibility index (Phi) is 2.54. The van der Waals surface area contributed by atoms with Crippen LogP contribution in [0.4, 0.5) is 5.69 Å². The van der Waals surface area contributed by atoms with Gasteiger partial charge in [-0.05, 0) is 12.8 Å². The van der Waals surface area contributed by atoms with Gasteiger partial charge >= 0.3 is 0 Å². The van der Waals surface area contributed by atoms with Crippen molar-refractivity contribution in [2.24, 2.45) is 0 Å². The number of aliphatic hydroxyl groups excluding tert-OH is 1. The van der Waals surface area contributed by atoms with Gasteiger partial charge in [0.1, 0.15) is 6.26 Å². The number of carbonyl (C=O) groups is 1. The summed E-state index contributed by atoms with van der Waals surface area (Å²) in [6.07, 6.45) is 3.81. The molecule has 1 N–H and O–H groups in total. The summed E-state index contributed by atoms with van der Waals surface area (Å²) < 4.78 is 5.01. The summed E-state index contributed by atoms with van der Waals surface area (Å²) >= 11 is 0. The molecule has 14 heavy (non-hydrogen) atoms. The van der Waals surface area contributed by atoms with E-state index in [0.717, 1.165) is 25.1 Å². The lowest BCUT2D eigenvalue weighted by molar-refractivity contribution is 0.110. The number of hydrogen-bond acceptors (Lipinski definition) is 4. The minimum Gasteiger partial charge on any atom is -0.459 e. The SMILES string of the molecule is O=Cc1cc(N2CCCC(O)C2)co1. The van der Waals surface area contributed by atoms with E-state index in [4.69, 9.17) is 4.42 Å². The monoisotopic (exact) mass is 195 g/mol. The molecule has 1 fully saturated rings. The smallest absolute Gasteiger partial charge is 0.185 e. The standard InChI is InChI=1S/C10H13NO3/c12-6-10-4-8(7-14-10)11-3-1-2-9(13)5-11/h4,6-7,9,13H,1-3,5H2. The zero-order valence-electron chi connectivity index (χ0n) is 7.85. The van der Waals surface area contributed by atoms with Gasteiger partial charge < -0.3 is 14.4 Å². The van der Waals surface area contributed by atoms with Crippen LogP contribution in [0.5, 0.6) is 0 Å². The van der Waals surface area contributed by atoms with E-state index in [-0.39, 0.29) is 6.10 Å². The third kappa shape index (κ3) is 1.80. The molecule has 0 radical (unpaired) electrons. The highest BCUT2D eigenvalue weighted by Crippen LogP contribution is 2.21. The Morgan fingerprint density at radius 2 is 2.50 bits per heavy atom. The Bertz CT molecular complexity index is 321. The Labute approximate surface area is 82.1 Å². The first-order valence-electron chi connectivity index (χ1n) is 4.76. The summed E-state index contributed by atoms with van der Waals surface area (Å²) in [5.74, 6) is 0.333. The Morgan fingerprint density at radius 3 is 3.14 bits per heavy atom. The lowest BCUT2D eigenvalue weighted by atomic mass is 10.1. The summed E-state index contributed by atoms with van der Waals surface area (Å²) in [5.41, 5.74) is 0.880. The Balaban J connectivity index is 2.09. The van der Waals surface area contributed by atoms with E-state index in [1.165, 1.54) is 0 Å². The number of hydrogen-bond donors (Lipinski definition) is 1. The van der Waals surface area contributed by atoms with Gasteiger partial charge in [-0.2, -0.15) is 0 Å². The minimum absolute atomic E-state index is 0.265. The van der Waals surface area contributed by atoms with Crippen LogP contribution < -0.4 is 4.90 Å². The second-order valence-electron chi connectivity index (χ2n) is 3.57. The van der Waals surface area contributed by atoms with Crippen LogP contribution in [0.3, 0.4) is 0 Å². The van der Waals surface area contributed by atoms with Crippen LogP contribution in [0.15, 0.2) is 16.7 Å². The van der Waals surface area contributed by atoms with Crippen molar-refractivity contribution in [2.45, 2.75) is 18.9 Å². The zero-order valence-corrected chi connectivity index (χ0v) is 7.85. The maximum absolute atomic E-state index is 10.4. The van der Waals surface area contributed by atoms with Crippen LogP contribution in [-0.4, -0.2) is 30.6 Å². The third-order valence-electron chi connectivity index (χ3n) is 2.48. The average molecular weight is 195 g/mol. The summed E-state index contributed by atoms with van der Waals surface area (Å²) in [5, 5.41) is 9.46. The molecule has 1 atom stereocenters. The maximum Gasteiger partial charge on any atom is 0.185 e. The van der Waals surface area contributed by atoms with Crippen molar-refractivity contribution in [3.63, 3.8) is 0 Å². The summed E-state index contributed by atoms with van der Waals surface area (Å²) in [6, 6.07) is 1.70. The molecular formula is C10H13NO3. The van der Waals surface area contributed by atoms with Crippen molar-refractivity contribution in [3.05, 3.63) is 18.1 Å². The lowest BCUT2D eigenvalue weighted by Crippen LogP contribution is -2.37. The number of anilines is 1. The summed E-state index contributed by atoms with van der Waals surface area (Å²) in [4.78, 5) is 12.4. The van der Waals surface area contributed by atoms with E-state index in [9.17, 15) is 9.90 Å². The van der Waals surface area contributed by atoms with Crippen molar-refractivity contribution < 1.29 is 14.3 Å². The topological polar surface area (TPSA) is 53.7 Å². The first-order chi connectivity index (χ1) is 6.79. The number of β-amino-alcohol motifs (C(OH)–C–C–N with tert-alkyl or cyclic N) is 1. The van der Waals surface area contributed by atoms with Crippen LogP contribution in [0.2, 0.25) is 0 Å². The van der Waals surface area contributed by atoms with Gasteiger partial charge in [-0.1, -0.05) is 0 Å². The summed E-state index contributed by atoms with van der Waals surface area (Å²) in [6.45, 7) is 1.53. The van der Waals surface area contributed by atoms with E-state index >= 15 is 0 Å². The molecule has 2 heterocycles. The number of aldehydes is 1. The molecular weight excluding hydrogens is 182 g/mol. The highest BCUT2D eigenvalue weighted by molar-refractivity contribution is 5.73. The zero-order chi connectivity index (χ0) is 9.97. The van der Waals surface area contributed by atoms with Gasteiger partial charge in [0, 0.05) is 19.2 Å². The number of aliphatic hydroxyl groups is 1. The van der Waals surface area contributed by atoms with Crippen molar-refractivity contribution in [1.82, 2.24) is 0 Å². The highest BCUT2D eigenvalue weighted by Gasteiger charge is 2.19. The third-order valence-corrected chi connectivity index (χ3v) is 2.48. The fraction of sp³-hybridized carbons (Fsp3) is 0.500. The molecule has 1 unspecified atom stereocenters. The van der Waals surface area contributed by atoms with Gasteiger partial charge in [0.05, 0.1) is 11.8 Å². The molecule has 0 spiro atoms. The molecule has 76 valence electrons. The Morgan fingerprint density at radius 1 is 1.64 bits per heavy atom. The minimum atomic E-state index is -0.265. The molecule has 1 aliphatic heterocycles. The largest absolute Gasteiger partial charge is 0.459 e. The second kappa shape index (κ2) is 3.84. The number of furan rings is 1. The first-order valence-corrected chi connectivity index (χ1v) is 4.76. The quantitative estimate of drug-likeness (QED) is 0.717. The van der Waals surface area contributed by atoms with Gasteiger partial charge in [-0.15, -0.1) is 0 Å². The second-order valence-corrected chi connectivity index (χ2v) is 3.57. The molecule has 0 amide bonds. The number of rotatable bonds is 2. The molecule has 0 bridgehead atoms. The fourth-order valence-corrected chi connectivity index (χ4v) is 1.76. The molecule has 4 nitrogen and oxygen atoms in total. The Hall–Kier alpha value is -1.29. The molecule has 1 aromatic heterocycles. The van der Waals surface area contributed by atoms with E-state index in [1.54, 1.807) is 12.3 Å². The maximum atomic E-state index is 10.4. The molecule has 1 aliphatic rings. The predicted octanol–water partition coefficient (Wildman–Crippen LogP) is 1.05. The van der Waals surface area contributed by atoms with Crippen LogP contribution in [0, 0.1) is 0 Å². The molecule has 0 saturated carbocycles. The molecule has 4 heteroatoms. The number of piperidine rings is 1. The number of carbonyl (C=O) groups excluding carboxylic acids is 1. The molecule has 0 aromatic carbocycles. The van der Waals surface area contributed by atoms with Crippen LogP contribution in [-0.2, 0) is 0 Å². The molecule has 1 saturated heterocycles. The van der Waals surface area contributed by atoms with Gasteiger partial charge in [0.25, 0.3) is 0 Å². The molecule has 0 aliphatic carbocycles. The van der Waals surface area contributed by atoms with Crippen molar-refractivity contribution in [3.8, 4) is 0 Å². The summed E-state index contributed by atoms with van der Waals surface area (Å²) in [7, 11) is 0. The molecule has 2 rings (SSSR count). The van der Waals surface area contributed by atoms with E-state index in [2.05, 4.69) is 0 Å². The van der Waals surface area contributed by atoms with Crippen molar-refractivity contribution in [1.29, 1.82) is 0 Å². The van der Waals surface area contributed by atoms with Crippen LogP contribution in [0.1, 0.15) is 23.4 Å². The normalized spacial score (nSPS) is 22.4. The van der Waals surface area contributed by atoms with Gasteiger partial charge in [0.15, 0.2) is 12.0 Å². The van der Waals surface area contributed by atoms with Gasteiger partial charge in [-0.25, -0.2) is 0 Å². The van der Waals surface area contributed by atoms with Crippen molar-refractivity contribution in [2.75, 3.05) is 18.0 Å².